The molecule has 80 valence electrons. The highest BCUT2D eigenvalue weighted by Crippen LogP contribution is 2.40. The lowest BCUT2D eigenvalue weighted by Crippen LogP contribution is -2.40. The van der Waals surface area contributed by atoms with Crippen LogP contribution in [0.3, 0.4) is 0 Å². The highest BCUT2D eigenvalue weighted by Gasteiger charge is 2.44. The quantitative estimate of drug-likeness (QED) is 0.744. The lowest BCUT2D eigenvalue weighted by molar-refractivity contribution is -0.135. The van der Waals surface area contributed by atoms with E-state index in [1.165, 1.54) is 6.42 Å². The van der Waals surface area contributed by atoms with Crippen molar-refractivity contribution in [2.24, 2.45) is 11.3 Å². The maximum atomic E-state index is 12.3. The van der Waals surface area contributed by atoms with E-state index in [1.54, 1.807) is 0 Å². The average molecular weight is 195 g/mol. The Balaban J connectivity index is 2.04. The zero-order valence-corrected chi connectivity index (χ0v) is 9.14. The number of ketones is 1. The molecule has 0 amide bonds. The first-order valence-corrected chi connectivity index (χ1v) is 6.03. The summed E-state index contributed by atoms with van der Waals surface area (Å²) >= 11 is 0. The van der Waals surface area contributed by atoms with E-state index in [0.29, 0.717) is 11.7 Å². The monoisotopic (exact) mass is 195 g/mol. The lowest BCUT2D eigenvalue weighted by Gasteiger charge is -2.34. The number of carbonyl (C=O) groups is 1. The normalized spacial score (nSPS) is 32.9. The van der Waals surface area contributed by atoms with Crippen LogP contribution in [0.2, 0.25) is 0 Å². The predicted molar refractivity (Wildman–Crippen MR) is 57.2 cm³/mol. The van der Waals surface area contributed by atoms with E-state index in [1.807, 2.05) is 0 Å². The van der Waals surface area contributed by atoms with Crippen LogP contribution in [0.5, 0.6) is 0 Å². The predicted octanol–water partition coefficient (Wildman–Crippen LogP) is 2.14. The van der Waals surface area contributed by atoms with Gasteiger partial charge in [0.15, 0.2) is 0 Å². The molecule has 0 radical (unpaired) electrons. The molecule has 1 N–H and O–H groups in total. The molecule has 0 aromatic heterocycles. The smallest absolute Gasteiger partial charge is 0.143 e. The Kier molecular flexibility index (Phi) is 2.91. The third-order valence-corrected chi connectivity index (χ3v) is 3.97. The Morgan fingerprint density at radius 1 is 1.50 bits per heavy atom. The van der Waals surface area contributed by atoms with Gasteiger partial charge in [-0.05, 0) is 32.2 Å². The van der Waals surface area contributed by atoms with Gasteiger partial charge in [0.2, 0.25) is 0 Å². The second-order valence-electron chi connectivity index (χ2n) is 4.95. The van der Waals surface area contributed by atoms with E-state index in [4.69, 9.17) is 0 Å². The molecular weight excluding hydrogens is 174 g/mol. The Bertz CT molecular complexity index is 214. The van der Waals surface area contributed by atoms with Crippen molar-refractivity contribution in [2.45, 2.75) is 45.4 Å². The third kappa shape index (κ3) is 1.60. The van der Waals surface area contributed by atoms with E-state index in [0.717, 1.165) is 45.2 Å². The lowest BCUT2D eigenvalue weighted by atomic mass is 9.68. The summed E-state index contributed by atoms with van der Waals surface area (Å²) < 4.78 is 0. The minimum absolute atomic E-state index is 0.0276. The van der Waals surface area contributed by atoms with Gasteiger partial charge < -0.3 is 5.32 Å². The van der Waals surface area contributed by atoms with Crippen molar-refractivity contribution >= 4 is 5.78 Å². The molecule has 1 saturated heterocycles. The van der Waals surface area contributed by atoms with Crippen LogP contribution in [-0.2, 0) is 4.79 Å². The van der Waals surface area contributed by atoms with Crippen molar-refractivity contribution in [1.82, 2.24) is 5.32 Å². The van der Waals surface area contributed by atoms with Crippen LogP contribution in [0, 0.1) is 11.3 Å². The average Bonchev–Trinajstić information content (AvgIpc) is 2.51. The van der Waals surface area contributed by atoms with Crippen molar-refractivity contribution in [3.05, 3.63) is 0 Å². The second-order valence-corrected chi connectivity index (χ2v) is 4.95. The van der Waals surface area contributed by atoms with E-state index in [9.17, 15) is 4.79 Å². The SMILES string of the molecule is CCCC1(C(=O)C2CCC2)CCNC1. The van der Waals surface area contributed by atoms with Crippen molar-refractivity contribution in [3.63, 3.8) is 0 Å². The highest BCUT2D eigenvalue weighted by molar-refractivity contribution is 5.88. The molecule has 0 aromatic rings. The molecular formula is C12H21NO. The summed E-state index contributed by atoms with van der Waals surface area (Å²) in [6.45, 7) is 4.17. The minimum Gasteiger partial charge on any atom is -0.316 e. The number of rotatable bonds is 4. The molecule has 1 aliphatic carbocycles. The molecule has 0 spiro atoms. The van der Waals surface area contributed by atoms with Gasteiger partial charge in [-0.1, -0.05) is 19.8 Å². The van der Waals surface area contributed by atoms with Crippen molar-refractivity contribution in [1.29, 1.82) is 0 Å². The zero-order valence-electron chi connectivity index (χ0n) is 9.14. The topological polar surface area (TPSA) is 29.1 Å². The van der Waals surface area contributed by atoms with Gasteiger partial charge in [-0.25, -0.2) is 0 Å². The van der Waals surface area contributed by atoms with Crippen LogP contribution in [0.25, 0.3) is 0 Å². The molecule has 0 aromatic carbocycles. The standard InChI is InChI=1S/C12H21NO/c1-2-6-12(7-8-13-9-12)11(14)10-4-3-5-10/h10,13H,2-9H2,1H3. The van der Waals surface area contributed by atoms with Gasteiger partial charge in [0.1, 0.15) is 5.78 Å². The van der Waals surface area contributed by atoms with Crippen molar-refractivity contribution in [2.75, 3.05) is 13.1 Å². The summed E-state index contributed by atoms with van der Waals surface area (Å²) in [5, 5.41) is 3.36. The largest absolute Gasteiger partial charge is 0.316 e. The molecule has 2 fully saturated rings. The van der Waals surface area contributed by atoms with Crippen LogP contribution in [-0.4, -0.2) is 18.9 Å². The molecule has 2 heteroatoms. The fourth-order valence-corrected chi connectivity index (χ4v) is 2.87. The molecule has 2 aliphatic rings. The second kappa shape index (κ2) is 4.01. The van der Waals surface area contributed by atoms with Gasteiger partial charge in [-0.15, -0.1) is 0 Å². The van der Waals surface area contributed by atoms with Gasteiger partial charge in [-0.3, -0.25) is 4.79 Å². The Labute approximate surface area is 86.5 Å². The van der Waals surface area contributed by atoms with E-state index in [-0.39, 0.29) is 5.41 Å². The van der Waals surface area contributed by atoms with Gasteiger partial charge in [0, 0.05) is 17.9 Å². The number of Topliss-reactive ketones (excluding diaryl/α,β-unsaturated/α-hetero) is 1. The summed E-state index contributed by atoms with van der Waals surface area (Å²) in [6.07, 6.45) is 6.90. The van der Waals surface area contributed by atoms with E-state index >= 15 is 0 Å². The van der Waals surface area contributed by atoms with Crippen LogP contribution >= 0.6 is 0 Å². The van der Waals surface area contributed by atoms with Crippen molar-refractivity contribution in [3.8, 4) is 0 Å². The number of hydrogen-bond acceptors (Lipinski definition) is 2. The first-order valence-electron chi connectivity index (χ1n) is 6.03. The summed E-state index contributed by atoms with van der Waals surface area (Å²) in [4.78, 5) is 12.3. The molecule has 1 heterocycles. The fraction of sp³-hybridized carbons (Fsp3) is 0.917. The Morgan fingerprint density at radius 2 is 2.29 bits per heavy atom. The van der Waals surface area contributed by atoms with Crippen molar-refractivity contribution < 1.29 is 4.79 Å². The molecule has 2 nitrogen and oxygen atoms in total. The number of nitrogens with one attached hydrogen (secondary N) is 1. The number of hydrogen-bond donors (Lipinski definition) is 1. The van der Waals surface area contributed by atoms with Gasteiger partial charge in [0.25, 0.3) is 0 Å². The van der Waals surface area contributed by atoms with E-state index in [2.05, 4.69) is 12.2 Å². The minimum atomic E-state index is 0.0276. The molecule has 14 heavy (non-hydrogen) atoms. The van der Waals surface area contributed by atoms with Crippen LogP contribution in [0.15, 0.2) is 0 Å². The first kappa shape index (κ1) is 10.2. The third-order valence-electron chi connectivity index (χ3n) is 3.97. The fourth-order valence-electron chi connectivity index (χ4n) is 2.87. The maximum Gasteiger partial charge on any atom is 0.143 e. The Hall–Kier alpha value is -0.370. The van der Waals surface area contributed by atoms with Crippen LogP contribution < -0.4 is 5.32 Å². The summed E-state index contributed by atoms with van der Waals surface area (Å²) in [5.74, 6) is 0.997. The molecule has 1 atom stereocenters. The van der Waals surface area contributed by atoms with Crippen LogP contribution in [0.1, 0.15) is 45.4 Å². The van der Waals surface area contributed by atoms with Gasteiger partial charge in [-0.2, -0.15) is 0 Å². The van der Waals surface area contributed by atoms with Crippen LogP contribution in [0.4, 0.5) is 0 Å². The zero-order chi connectivity index (χ0) is 10.0. The number of carbonyl (C=O) groups excluding carboxylic acids is 1. The molecule has 1 saturated carbocycles. The van der Waals surface area contributed by atoms with Gasteiger partial charge in [0.05, 0.1) is 0 Å². The molecule has 1 aliphatic heterocycles. The highest BCUT2D eigenvalue weighted by atomic mass is 16.1. The molecule has 1 unspecified atom stereocenters. The maximum absolute atomic E-state index is 12.3. The summed E-state index contributed by atoms with van der Waals surface area (Å²) in [7, 11) is 0. The summed E-state index contributed by atoms with van der Waals surface area (Å²) in [5.41, 5.74) is 0.0276. The van der Waals surface area contributed by atoms with Gasteiger partial charge >= 0.3 is 0 Å². The molecule has 2 rings (SSSR count). The first-order chi connectivity index (χ1) is 6.78. The molecule has 0 bridgehead atoms. The Morgan fingerprint density at radius 3 is 2.71 bits per heavy atom. The van der Waals surface area contributed by atoms with E-state index < -0.39 is 0 Å². The summed E-state index contributed by atoms with van der Waals surface area (Å²) in [6, 6.07) is 0.